The second-order valence-corrected chi connectivity index (χ2v) is 24.4. The molecule has 0 saturated carbocycles. The molecule has 0 aliphatic carbocycles. The third-order valence-corrected chi connectivity index (χ3v) is 19.9. The Hall–Kier alpha value is -1.07. The van der Waals surface area contributed by atoms with Crippen LogP contribution in [-0.4, -0.2) is 51.9 Å². The summed E-state index contributed by atoms with van der Waals surface area (Å²) in [5.74, 6) is 0. The van der Waals surface area contributed by atoms with E-state index >= 15 is 0 Å². The Morgan fingerprint density at radius 1 is 1.03 bits per heavy atom. The normalized spacial score (nSPS) is 19.3. The molecule has 0 bridgehead atoms. The number of fused-ring (bicyclic) bond motifs is 1. The Labute approximate surface area is 241 Å². The topological polar surface area (TPSA) is 34.6 Å². The van der Waals surface area contributed by atoms with E-state index in [1.165, 1.54) is 16.0 Å². The van der Waals surface area contributed by atoms with Gasteiger partial charge in [0.15, 0.2) is 8.32 Å². The van der Waals surface area contributed by atoms with E-state index in [0.29, 0.717) is 0 Å². The van der Waals surface area contributed by atoms with Crippen LogP contribution in [0.2, 0.25) is 34.7 Å². The van der Waals surface area contributed by atoms with Gasteiger partial charge in [0, 0.05) is 30.7 Å². The van der Waals surface area contributed by atoms with Gasteiger partial charge in [-0.25, -0.2) is 0 Å². The lowest BCUT2D eigenvalue weighted by molar-refractivity contribution is 0.161. The lowest BCUT2D eigenvalue weighted by atomic mass is 10.1. The van der Waals surface area contributed by atoms with Crippen LogP contribution >= 0.6 is 22.9 Å². The Balaban J connectivity index is 1.37. The second kappa shape index (κ2) is 11.1. The third-order valence-electron chi connectivity index (χ3n) is 8.77. The van der Waals surface area contributed by atoms with Gasteiger partial charge in [-0.1, -0.05) is 77.4 Å². The number of halogens is 1. The van der Waals surface area contributed by atoms with Crippen molar-refractivity contribution in [1.29, 1.82) is 0 Å². The minimum Gasteiger partial charge on any atom is -0.417 e. The van der Waals surface area contributed by atoms with Crippen molar-refractivity contribution in [3.63, 3.8) is 0 Å². The van der Waals surface area contributed by atoms with Crippen LogP contribution in [-0.2, 0) is 15.4 Å². The first-order valence-electron chi connectivity index (χ1n) is 13.8. The molecule has 8 heteroatoms. The Morgan fingerprint density at radius 2 is 1.71 bits per heavy atom. The van der Waals surface area contributed by atoms with Crippen molar-refractivity contribution in [1.82, 2.24) is 9.88 Å². The lowest BCUT2D eigenvalue weighted by Gasteiger charge is -2.45. The highest BCUT2D eigenvalue weighted by Gasteiger charge is 2.48. The number of thiophene rings is 1. The Bertz CT molecular complexity index is 1250. The molecule has 3 aromatic rings. The van der Waals surface area contributed by atoms with Crippen molar-refractivity contribution >= 4 is 49.8 Å². The molecule has 0 amide bonds. The molecule has 38 heavy (non-hydrogen) atoms. The number of hydrogen-bond donors (Lipinski definition) is 0. The lowest BCUT2D eigenvalue weighted by Crippen LogP contribution is -2.55. The number of likely N-dealkylation sites (tertiary alicyclic amines) is 1. The van der Waals surface area contributed by atoms with Gasteiger partial charge in [0.25, 0.3) is 0 Å². The van der Waals surface area contributed by atoms with E-state index in [1.54, 1.807) is 17.5 Å². The smallest absolute Gasteiger partial charge is 0.219 e. The fourth-order valence-electron chi connectivity index (χ4n) is 4.45. The maximum Gasteiger partial charge on any atom is 0.219 e. The summed E-state index contributed by atoms with van der Waals surface area (Å²) in [5.41, 5.74) is 3.51. The summed E-state index contributed by atoms with van der Waals surface area (Å²) in [6.07, 6.45) is 3.92. The molecular formula is C30H45ClN2O2SSi2. The van der Waals surface area contributed by atoms with Crippen molar-refractivity contribution in [2.45, 2.75) is 90.3 Å². The maximum atomic E-state index is 7.03. The van der Waals surface area contributed by atoms with Crippen LogP contribution in [0.25, 0.3) is 20.7 Å². The van der Waals surface area contributed by atoms with Crippen LogP contribution < -0.4 is 0 Å². The number of aromatic nitrogens is 1. The molecular weight excluding hydrogens is 544 g/mol. The van der Waals surface area contributed by atoms with Crippen LogP contribution in [0, 0.1) is 0 Å². The minimum atomic E-state index is -2.12. The molecule has 1 aliphatic heterocycles. The van der Waals surface area contributed by atoms with Crippen LogP contribution in [0.4, 0.5) is 0 Å². The van der Waals surface area contributed by atoms with Crippen LogP contribution in [0.15, 0.2) is 42.6 Å². The zero-order chi connectivity index (χ0) is 27.9. The van der Waals surface area contributed by atoms with Gasteiger partial charge < -0.3 is 8.85 Å². The molecule has 2 aromatic heterocycles. The summed E-state index contributed by atoms with van der Waals surface area (Å²) in [5, 5.41) is 1.09. The first-order chi connectivity index (χ1) is 17.6. The summed E-state index contributed by atoms with van der Waals surface area (Å²) in [6, 6.07) is 12.9. The fraction of sp³-hybridized carbons (Fsp3) is 0.567. The molecule has 1 saturated heterocycles. The minimum absolute atomic E-state index is 0.116. The maximum absolute atomic E-state index is 7.03. The molecule has 208 valence electrons. The van der Waals surface area contributed by atoms with E-state index in [2.05, 4.69) is 101 Å². The first kappa shape index (κ1) is 29.9. The number of hydrogen-bond acceptors (Lipinski definition) is 5. The molecule has 1 fully saturated rings. The highest BCUT2D eigenvalue weighted by Crippen LogP contribution is 2.42. The van der Waals surface area contributed by atoms with E-state index in [4.69, 9.17) is 20.5 Å². The zero-order valence-corrected chi connectivity index (χ0v) is 28.2. The van der Waals surface area contributed by atoms with E-state index < -0.39 is 16.6 Å². The van der Waals surface area contributed by atoms with Gasteiger partial charge in [0.2, 0.25) is 8.32 Å². The van der Waals surface area contributed by atoms with Gasteiger partial charge in [0.05, 0.1) is 27.6 Å². The predicted molar refractivity (Wildman–Crippen MR) is 169 cm³/mol. The molecule has 0 radical (unpaired) electrons. The average molecular weight is 589 g/mol. The predicted octanol–water partition coefficient (Wildman–Crippen LogP) is 9.14. The Morgan fingerprint density at radius 3 is 2.32 bits per heavy atom. The zero-order valence-electron chi connectivity index (χ0n) is 24.7. The summed E-state index contributed by atoms with van der Waals surface area (Å²) in [4.78, 5) is 8.20. The van der Waals surface area contributed by atoms with Crippen molar-refractivity contribution in [3.8, 4) is 10.4 Å². The summed E-state index contributed by atoms with van der Waals surface area (Å²) in [6.45, 7) is 24.0. The van der Waals surface area contributed by atoms with E-state index in [1.807, 2.05) is 6.07 Å². The first-order valence-corrected chi connectivity index (χ1v) is 20.5. The summed E-state index contributed by atoms with van der Waals surface area (Å²) in [7, 11) is -3.94. The molecule has 4 rings (SSSR count). The van der Waals surface area contributed by atoms with E-state index in [-0.39, 0.29) is 16.2 Å². The third kappa shape index (κ3) is 6.62. The molecule has 4 nitrogen and oxygen atoms in total. The van der Waals surface area contributed by atoms with Gasteiger partial charge in [-0.15, -0.1) is 11.3 Å². The molecule has 0 N–H and O–H groups in total. The van der Waals surface area contributed by atoms with Crippen LogP contribution in [0.3, 0.4) is 0 Å². The second-order valence-electron chi connectivity index (χ2n) is 13.6. The van der Waals surface area contributed by atoms with E-state index in [9.17, 15) is 0 Å². The fourth-order valence-corrected chi connectivity index (χ4v) is 10.5. The van der Waals surface area contributed by atoms with Crippen molar-refractivity contribution < 1.29 is 8.85 Å². The highest BCUT2D eigenvalue weighted by atomic mass is 35.5. The van der Waals surface area contributed by atoms with Gasteiger partial charge in [-0.2, -0.15) is 0 Å². The number of nitrogens with zero attached hydrogens (tertiary/aromatic N) is 2. The molecule has 1 aromatic carbocycles. The van der Waals surface area contributed by atoms with Crippen molar-refractivity contribution in [3.05, 3.63) is 53.2 Å². The standard InChI is InChI=1S/C30H45ClN2O2SSi2/c1-29(2,3)37(7,8)34-21-38(9,30(4,5)6)35-24-15-17-33(20-24)19-22-10-12-23(13-11-22)27-18-26-28(36-27)25(31)14-16-32-26/h10-14,16,18,24H,15,17,19-21H2,1-9H3/t24-,38?/m0/s1. The largest absolute Gasteiger partial charge is 0.417 e. The molecule has 1 unspecified atom stereocenters. The van der Waals surface area contributed by atoms with Gasteiger partial charge >= 0.3 is 0 Å². The molecule has 2 atom stereocenters. The van der Waals surface area contributed by atoms with Crippen LogP contribution in [0.1, 0.15) is 53.5 Å². The van der Waals surface area contributed by atoms with Gasteiger partial charge in [-0.3, -0.25) is 9.88 Å². The Kier molecular flexibility index (Phi) is 8.71. The van der Waals surface area contributed by atoms with Crippen LogP contribution in [0.5, 0.6) is 0 Å². The van der Waals surface area contributed by atoms with Crippen molar-refractivity contribution in [2.75, 3.05) is 19.3 Å². The molecule has 3 heterocycles. The number of rotatable bonds is 8. The summed E-state index contributed by atoms with van der Waals surface area (Å²) < 4.78 is 14.8. The highest BCUT2D eigenvalue weighted by molar-refractivity contribution is 7.22. The summed E-state index contributed by atoms with van der Waals surface area (Å²) >= 11 is 8.07. The monoisotopic (exact) mass is 588 g/mol. The number of pyridine rings is 1. The average Bonchev–Trinajstić information content (AvgIpc) is 3.44. The van der Waals surface area contributed by atoms with Crippen molar-refractivity contribution in [2.24, 2.45) is 0 Å². The number of benzene rings is 1. The van der Waals surface area contributed by atoms with E-state index in [0.717, 1.165) is 47.5 Å². The SMILES string of the molecule is CC(C)(C)[Si](C)(C)OC[Si](C)(O[C@H]1CCN(Cc2ccc(-c3cc4nccc(Cl)c4s3)cc2)C1)C(C)(C)C. The van der Waals surface area contributed by atoms with Gasteiger partial charge in [-0.05, 0) is 59.4 Å². The quantitative estimate of drug-likeness (QED) is 0.246. The van der Waals surface area contributed by atoms with Gasteiger partial charge in [0.1, 0.15) is 0 Å². The molecule has 1 aliphatic rings. The molecule has 0 spiro atoms.